The van der Waals surface area contributed by atoms with Crippen LogP contribution in [0.25, 0.3) is 0 Å². The van der Waals surface area contributed by atoms with Gasteiger partial charge in [-0.3, -0.25) is 4.79 Å². The SMILES string of the molecule is Cc1nc(Cl)ccc1C(=O)NCC(CCO)CC(C)C. The van der Waals surface area contributed by atoms with Gasteiger partial charge in [-0.2, -0.15) is 0 Å². The first kappa shape index (κ1) is 16.9. The van der Waals surface area contributed by atoms with Crippen LogP contribution in [-0.2, 0) is 0 Å². The Morgan fingerprint density at radius 2 is 2.15 bits per heavy atom. The van der Waals surface area contributed by atoms with E-state index in [0.29, 0.717) is 41.2 Å². The molecule has 0 aromatic carbocycles. The van der Waals surface area contributed by atoms with Crippen molar-refractivity contribution in [1.29, 1.82) is 0 Å². The van der Waals surface area contributed by atoms with Gasteiger partial charge in [-0.25, -0.2) is 4.98 Å². The Labute approximate surface area is 125 Å². The molecule has 2 N–H and O–H groups in total. The maximum absolute atomic E-state index is 12.1. The number of carbonyl (C=O) groups is 1. The summed E-state index contributed by atoms with van der Waals surface area (Å²) in [4.78, 5) is 16.2. The minimum absolute atomic E-state index is 0.140. The molecule has 1 aromatic heterocycles. The molecule has 1 heterocycles. The van der Waals surface area contributed by atoms with Crippen LogP contribution in [-0.4, -0.2) is 29.1 Å². The fourth-order valence-electron chi connectivity index (χ4n) is 2.26. The first-order valence-electron chi connectivity index (χ1n) is 6.96. The number of aromatic nitrogens is 1. The van der Waals surface area contributed by atoms with Crippen LogP contribution in [0.5, 0.6) is 0 Å². The molecule has 0 spiro atoms. The van der Waals surface area contributed by atoms with Gasteiger partial charge in [0.25, 0.3) is 5.91 Å². The summed E-state index contributed by atoms with van der Waals surface area (Å²) >= 11 is 5.78. The third kappa shape index (κ3) is 5.47. The summed E-state index contributed by atoms with van der Waals surface area (Å²) in [6.07, 6.45) is 1.69. The van der Waals surface area contributed by atoms with Crippen molar-refractivity contribution in [1.82, 2.24) is 10.3 Å². The number of carbonyl (C=O) groups excluding carboxylic acids is 1. The lowest BCUT2D eigenvalue weighted by atomic mass is 9.94. The number of pyridine rings is 1. The molecule has 1 atom stereocenters. The highest BCUT2D eigenvalue weighted by Crippen LogP contribution is 2.15. The average Bonchev–Trinajstić information content (AvgIpc) is 2.35. The maximum Gasteiger partial charge on any atom is 0.253 e. The van der Waals surface area contributed by atoms with Crippen LogP contribution < -0.4 is 5.32 Å². The molecular formula is C15H23ClN2O2. The van der Waals surface area contributed by atoms with Gasteiger partial charge in [-0.15, -0.1) is 0 Å². The molecule has 0 saturated carbocycles. The van der Waals surface area contributed by atoms with Crippen LogP contribution >= 0.6 is 11.6 Å². The molecule has 1 aromatic rings. The van der Waals surface area contributed by atoms with E-state index in [1.54, 1.807) is 19.1 Å². The number of hydrogen-bond donors (Lipinski definition) is 2. The molecule has 20 heavy (non-hydrogen) atoms. The van der Waals surface area contributed by atoms with E-state index in [1.165, 1.54) is 0 Å². The summed E-state index contributed by atoms with van der Waals surface area (Å²) in [5, 5.41) is 12.4. The number of aliphatic hydroxyl groups is 1. The Bertz CT molecular complexity index is 449. The molecule has 0 bridgehead atoms. The summed E-state index contributed by atoms with van der Waals surface area (Å²) in [6.45, 7) is 6.76. The van der Waals surface area contributed by atoms with Crippen molar-refractivity contribution in [2.24, 2.45) is 11.8 Å². The van der Waals surface area contributed by atoms with E-state index >= 15 is 0 Å². The third-order valence-electron chi connectivity index (χ3n) is 3.19. The highest BCUT2D eigenvalue weighted by Gasteiger charge is 2.14. The molecular weight excluding hydrogens is 276 g/mol. The third-order valence-corrected chi connectivity index (χ3v) is 3.40. The van der Waals surface area contributed by atoms with Gasteiger partial charge in [0.1, 0.15) is 5.15 Å². The first-order chi connectivity index (χ1) is 9.43. The Hall–Kier alpha value is -1.13. The number of nitrogens with one attached hydrogen (secondary N) is 1. The summed E-state index contributed by atoms with van der Waals surface area (Å²) in [7, 11) is 0. The lowest BCUT2D eigenvalue weighted by Crippen LogP contribution is -2.31. The fourth-order valence-corrected chi connectivity index (χ4v) is 2.44. The Morgan fingerprint density at radius 1 is 1.45 bits per heavy atom. The molecule has 1 rings (SSSR count). The van der Waals surface area contributed by atoms with Crippen LogP contribution in [0.4, 0.5) is 0 Å². The summed E-state index contributed by atoms with van der Waals surface area (Å²) in [6, 6.07) is 3.30. The Kier molecular flexibility index (Phi) is 6.96. The van der Waals surface area contributed by atoms with E-state index in [9.17, 15) is 4.79 Å². The molecule has 0 aliphatic heterocycles. The molecule has 0 aliphatic rings. The van der Waals surface area contributed by atoms with Crippen LogP contribution in [0.2, 0.25) is 5.15 Å². The van der Waals surface area contributed by atoms with Gasteiger partial charge in [-0.05, 0) is 43.7 Å². The second kappa shape index (κ2) is 8.22. The highest BCUT2D eigenvalue weighted by molar-refractivity contribution is 6.29. The zero-order valence-corrected chi connectivity index (χ0v) is 13.1. The van der Waals surface area contributed by atoms with Gasteiger partial charge in [0, 0.05) is 13.2 Å². The number of halogens is 1. The van der Waals surface area contributed by atoms with Crippen LogP contribution in [0, 0.1) is 18.8 Å². The van der Waals surface area contributed by atoms with Gasteiger partial charge in [0.2, 0.25) is 0 Å². The number of aliphatic hydroxyl groups excluding tert-OH is 1. The zero-order chi connectivity index (χ0) is 15.1. The van der Waals surface area contributed by atoms with E-state index in [-0.39, 0.29) is 12.5 Å². The second-order valence-electron chi connectivity index (χ2n) is 5.48. The van der Waals surface area contributed by atoms with Crippen molar-refractivity contribution in [3.8, 4) is 0 Å². The normalized spacial score (nSPS) is 12.5. The molecule has 4 nitrogen and oxygen atoms in total. The predicted octanol–water partition coefficient (Wildman–Crippen LogP) is 2.82. The lowest BCUT2D eigenvalue weighted by Gasteiger charge is -2.18. The molecule has 0 aliphatic carbocycles. The lowest BCUT2D eigenvalue weighted by molar-refractivity contribution is 0.0940. The van der Waals surface area contributed by atoms with Crippen LogP contribution in [0.15, 0.2) is 12.1 Å². The molecule has 1 amide bonds. The first-order valence-corrected chi connectivity index (χ1v) is 7.34. The maximum atomic E-state index is 12.1. The largest absolute Gasteiger partial charge is 0.396 e. The smallest absolute Gasteiger partial charge is 0.253 e. The molecule has 0 radical (unpaired) electrons. The standard InChI is InChI=1S/C15H23ClN2O2/c1-10(2)8-12(6-7-19)9-17-15(20)13-4-5-14(16)18-11(13)3/h4-5,10,12,19H,6-9H2,1-3H3,(H,17,20). The average molecular weight is 299 g/mol. The minimum Gasteiger partial charge on any atom is -0.396 e. The number of aryl methyl sites for hydroxylation is 1. The molecule has 5 heteroatoms. The highest BCUT2D eigenvalue weighted by atomic mass is 35.5. The van der Waals surface area contributed by atoms with Crippen molar-refractivity contribution in [2.45, 2.75) is 33.6 Å². The fraction of sp³-hybridized carbons (Fsp3) is 0.600. The van der Waals surface area contributed by atoms with E-state index in [2.05, 4.69) is 24.1 Å². The number of nitrogens with zero attached hydrogens (tertiary/aromatic N) is 1. The summed E-state index contributed by atoms with van der Waals surface area (Å²) in [5.41, 5.74) is 1.17. The van der Waals surface area contributed by atoms with Gasteiger partial charge >= 0.3 is 0 Å². The monoisotopic (exact) mass is 298 g/mol. The second-order valence-corrected chi connectivity index (χ2v) is 5.87. The quantitative estimate of drug-likeness (QED) is 0.761. The van der Waals surface area contributed by atoms with Gasteiger partial charge in [0.05, 0.1) is 11.3 Å². The van der Waals surface area contributed by atoms with Crippen molar-refractivity contribution < 1.29 is 9.90 Å². The number of rotatable bonds is 7. The molecule has 0 fully saturated rings. The minimum atomic E-state index is -0.140. The van der Waals surface area contributed by atoms with Crippen molar-refractivity contribution >= 4 is 17.5 Å². The van der Waals surface area contributed by atoms with Crippen molar-refractivity contribution in [3.05, 3.63) is 28.5 Å². The van der Waals surface area contributed by atoms with Gasteiger partial charge in [-0.1, -0.05) is 25.4 Å². The van der Waals surface area contributed by atoms with E-state index < -0.39 is 0 Å². The van der Waals surface area contributed by atoms with Gasteiger partial charge in [0.15, 0.2) is 0 Å². The molecule has 1 unspecified atom stereocenters. The van der Waals surface area contributed by atoms with E-state index in [1.807, 2.05) is 0 Å². The molecule has 112 valence electrons. The Morgan fingerprint density at radius 3 is 2.70 bits per heavy atom. The summed E-state index contributed by atoms with van der Waals surface area (Å²) < 4.78 is 0. The topological polar surface area (TPSA) is 62.2 Å². The van der Waals surface area contributed by atoms with Crippen molar-refractivity contribution in [2.75, 3.05) is 13.2 Å². The van der Waals surface area contributed by atoms with Crippen molar-refractivity contribution in [3.63, 3.8) is 0 Å². The van der Waals surface area contributed by atoms with Gasteiger partial charge < -0.3 is 10.4 Å². The summed E-state index contributed by atoms with van der Waals surface area (Å²) in [5.74, 6) is 0.699. The van der Waals surface area contributed by atoms with Crippen LogP contribution in [0.1, 0.15) is 42.7 Å². The van der Waals surface area contributed by atoms with E-state index in [4.69, 9.17) is 16.7 Å². The predicted molar refractivity (Wildman–Crippen MR) is 81.0 cm³/mol. The Balaban J connectivity index is 2.60. The van der Waals surface area contributed by atoms with E-state index in [0.717, 1.165) is 6.42 Å². The molecule has 0 saturated heterocycles. The van der Waals surface area contributed by atoms with Crippen LogP contribution in [0.3, 0.4) is 0 Å². The number of amides is 1. The zero-order valence-electron chi connectivity index (χ0n) is 12.3. The number of hydrogen-bond acceptors (Lipinski definition) is 3.